The summed E-state index contributed by atoms with van der Waals surface area (Å²) < 4.78 is 13.0. The number of nitrogens with one attached hydrogen (secondary N) is 2. The van der Waals surface area contributed by atoms with Crippen molar-refractivity contribution in [2.24, 2.45) is 0 Å². The first-order valence-electron chi connectivity index (χ1n) is 6.86. The minimum absolute atomic E-state index is 0.0275. The van der Waals surface area contributed by atoms with Crippen LogP contribution >= 0.6 is 0 Å². The molecule has 21 heavy (non-hydrogen) atoms. The topological polar surface area (TPSA) is 78.4 Å². The Hall–Kier alpha value is -1.95. The molecule has 0 spiro atoms. The van der Waals surface area contributed by atoms with E-state index in [2.05, 4.69) is 10.6 Å². The lowest BCUT2D eigenvalue weighted by atomic mass is 9.95. The van der Waals surface area contributed by atoms with Gasteiger partial charge in [-0.1, -0.05) is 13.0 Å². The zero-order valence-electron chi connectivity index (χ0n) is 12.3. The van der Waals surface area contributed by atoms with Gasteiger partial charge in [0.25, 0.3) is 5.91 Å². The van der Waals surface area contributed by atoms with Crippen molar-refractivity contribution in [1.82, 2.24) is 10.6 Å². The average Bonchev–Trinajstić information content (AvgIpc) is 2.45. The fourth-order valence-electron chi connectivity index (χ4n) is 1.85. The lowest BCUT2D eigenvalue weighted by Crippen LogP contribution is -2.49. The van der Waals surface area contributed by atoms with Crippen molar-refractivity contribution < 1.29 is 19.1 Å². The first-order chi connectivity index (χ1) is 9.90. The summed E-state index contributed by atoms with van der Waals surface area (Å²) in [6, 6.07) is 5.25. The number of rotatable bonds is 7. The molecule has 0 aliphatic carbocycles. The summed E-state index contributed by atoms with van der Waals surface area (Å²) in [5.74, 6) is -1.36. The second-order valence-corrected chi connectivity index (χ2v) is 5.13. The van der Waals surface area contributed by atoms with Gasteiger partial charge in [0.05, 0.1) is 6.54 Å². The summed E-state index contributed by atoms with van der Waals surface area (Å²) >= 11 is 0. The summed E-state index contributed by atoms with van der Waals surface area (Å²) in [5, 5.41) is 14.2. The second kappa shape index (κ2) is 7.73. The molecule has 1 rings (SSSR count). The van der Waals surface area contributed by atoms with Crippen molar-refractivity contribution in [3.05, 3.63) is 35.6 Å². The van der Waals surface area contributed by atoms with E-state index in [-0.39, 0.29) is 24.6 Å². The predicted molar refractivity (Wildman–Crippen MR) is 77.3 cm³/mol. The van der Waals surface area contributed by atoms with Crippen molar-refractivity contribution in [2.45, 2.75) is 32.2 Å². The Bertz CT molecular complexity index is 507. The maximum Gasteiger partial charge on any atom is 0.251 e. The summed E-state index contributed by atoms with van der Waals surface area (Å²) in [7, 11) is 0. The van der Waals surface area contributed by atoms with E-state index in [1.54, 1.807) is 0 Å². The molecule has 0 bridgehead atoms. The molecular formula is C15H21FN2O3. The molecule has 3 N–H and O–H groups in total. The SMILES string of the molecule is CCC(C)(CCO)NC(=O)CNC(=O)c1cccc(F)c1. The number of hydrogen-bond donors (Lipinski definition) is 3. The maximum absolute atomic E-state index is 13.0. The van der Waals surface area contributed by atoms with Crippen LogP contribution in [-0.4, -0.2) is 35.6 Å². The van der Waals surface area contributed by atoms with Gasteiger partial charge in [0, 0.05) is 17.7 Å². The van der Waals surface area contributed by atoms with E-state index < -0.39 is 17.3 Å². The molecule has 0 radical (unpaired) electrons. The number of carbonyl (C=O) groups excluding carboxylic acids is 2. The predicted octanol–water partition coefficient (Wildman–Crippen LogP) is 1.22. The number of halogens is 1. The van der Waals surface area contributed by atoms with Gasteiger partial charge >= 0.3 is 0 Å². The Balaban J connectivity index is 2.51. The van der Waals surface area contributed by atoms with Gasteiger partial charge in [0.15, 0.2) is 0 Å². The third-order valence-electron chi connectivity index (χ3n) is 3.38. The summed E-state index contributed by atoms with van der Waals surface area (Å²) in [5.41, 5.74) is -0.341. The van der Waals surface area contributed by atoms with Crippen LogP contribution in [0.15, 0.2) is 24.3 Å². The number of benzene rings is 1. The monoisotopic (exact) mass is 296 g/mol. The molecule has 6 heteroatoms. The van der Waals surface area contributed by atoms with Crippen LogP contribution in [0.3, 0.4) is 0 Å². The fourth-order valence-corrected chi connectivity index (χ4v) is 1.85. The lowest BCUT2D eigenvalue weighted by molar-refractivity contribution is -0.122. The van der Waals surface area contributed by atoms with Gasteiger partial charge in [-0.15, -0.1) is 0 Å². The van der Waals surface area contributed by atoms with Crippen molar-refractivity contribution in [3.8, 4) is 0 Å². The first-order valence-corrected chi connectivity index (χ1v) is 6.86. The summed E-state index contributed by atoms with van der Waals surface area (Å²) in [6.45, 7) is 3.51. The van der Waals surface area contributed by atoms with Gasteiger partial charge in [-0.2, -0.15) is 0 Å². The van der Waals surface area contributed by atoms with E-state index >= 15 is 0 Å². The minimum Gasteiger partial charge on any atom is -0.396 e. The molecule has 1 atom stereocenters. The molecule has 0 saturated heterocycles. The molecule has 116 valence electrons. The van der Waals surface area contributed by atoms with Gasteiger partial charge in [-0.25, -0.2) is 4.39 Å². The number of aliphatic hydroxyl groups is 1. The van der Waals surface area contributed by atoms with Gasteiger partial charge in [0.2, 0.25) is 5.91 Å². The quantitative estimate of drug-likeness (QED) is 0.708. The van der Waals surface area contributed by atoms with Crippen LogP contribution in [0.2, 0.25) is 0 Å². The fraction of sp³-hybridized carbons (Fsp3) is 0.467. The smallest absolute Gasteiger partial charge is 0.251 e. The number of carbonyl (C=O) groups is 2. The Kier molecular flexibility index (Phi) is 6.30. The Labute approximate surface area is 123 Å². The molecule has 0 aliphatic heterocycles. The Morgan fingerprint density at radius 1 is 1.38 bits per heavy atom. The van der Waals surface area contributed by atoms with E-state index in [0.29, 0.717) is 12.8 Å². The Morgan fingerprint density at radius 2 is 2.10 bits per heavy atom. The van der Waals surface area contributed by atoms with E-state index in [9.17, 15) is 14.0 Å². The summed E-state index contributed by atoms with van der Waals surface area (Å²) in [4.78, 5) is 23.6. The van der Waals surface area contributed by atoms with E-state index in [4.69, 9.17) is 5.11 Å². The molecule has 0 heterocycles. The molecular weight excluding hydrogens is 275 g/mol. The zero-order valence-corrected chi connectivity index (χ0v) is 12.3. The normalized spacial score (nSPS) is 13.3. The van der Waals surface area contributed by atoms with Crippen LogP contribution in [0.1, 0.15) is 37.0 Å². The van der Waals surface area contributed by atoms with Crippen molar-refractivity contribution in [1.29, 1.82) is 0 Å². The van der Waals surface area contributed by atoms with Gasteiger partial charge in [-0.05, 0) is 38.0 Å². The van der Waals surface area contributed by atoms with Gasteiger partial charge in [0.1, 0.15) is 5.82 Å². The highest BCUT2D eigenvalue weighted by molar-refractivity contribution is 5.96. The van der Waals surface area contributed by atoms with Crippen LogP contribution in [-0.2, 0) is 4.79 Å². The summed E-state index contributed by atoms with van der Waals surface area (Å²) in [6.07, 6.45) is 1.10. The minimum atomic E-state index is -0.509. The van der Waals surface area contributed by atoms with Crippen LogP contribution in [0, 0.1) is 5.82 Å². The van der Waals surface area contributed by atoms with E-state index in [0.717, 1.165) is 6.07 Å². The van der Waals surface area contributed by atoms with Crippen LogP contribution in [0.5, 0.6) is 0 Å². The second-order valence-electron chi connectivity index (χ2n) is 5.13. The molecule has 0 aromatic heterocycles. The maximum atomic E-state index is 13.0. The van der Waals surface area contributed by atoms with Gasteiger partial charge in [-0.3, -0.25) is 9.59 Å². The number of amides is 2. The lowest BCUT2D eigenvalue weighted by Gasteiger charge is -2.29. The highest BCUT2D eigenvalue weighted by Crippen LogP contribution is 2.13. The van der Waals surface area contributed by atoms with Crippen LogP contribution in [0.25, 0.3) is 0 Å². The molecule has 1 unspecified atom stereocenters. The third-order valence-corrected chi connectivity index (χ3v) is 3.38. The van der Waals surface area contributed by atoms with Crippen LogP contribution < -0.4 is 10.6 Å². The van der Waals surface area contributed by atoms with Gasteiger partial charge < -0.3 is 15.7 Å². The molecule has 5 nitrogen and oxygen atoms in total. The van der Waals surface area contributed by atoms with E-state index in [1.165, 1.54) is 18.2 Å². The highest BCUT2D eigenvalue weighted by Gasteiger charge is 2.23. The van der Waals surface area contributed by atoms with Crippen LogP contribution in [0.4, 0.5) is 4.39 Å². The largest absolute Gasteiger partial charge is 0.396 e. The average molecular weight is 296 g/mol. The number of aliphatic hydroxyl groups excluding tert-OH is 1. The van der Waals surface area contributed by atoms with Crippen molar-refractivity contribution in [2.75, 3.05) is 13.2 Å². The Morgan fingerprint density at radius 3 is 2.67 bits per heavy atom. The number of hydrogen-bond acceptors (Lipinski definition) is 3. The van der Waals surface area contributed by atoms with E-state index in [1.807, 2.05) is 13.8 Å². The molecule has 0 fully saturated rings. The molecule has 1 aromatic carbocycles. The molecule has 0 saturated carbocycles. The highest BCUT2D eigenvalue weighted by atomic mass is 19.1. The standard InChI is InChI=1S/C15H21FN2O3/c1-3-15(2,7-8-19)18-13(20)10-17-14(21)11-5-4-6-12(16)9-11/h4-6,9,19H,3,7-8,10H2,1-2H3,(H,17,21)(H,18,20). The zero-order chi connectivity index (χ0) is 15.9. The molecule has 2 amide bonds. The molecule has 1 aromatic rings. The molecule has 0 aliphatic rings. The first kappa shape index (κ1) is 17.1. The third kappa shape index (κ3) is 5.51. The van der Waals surface area contributed by atoms with Crippen molar-refractivity contribution >= 4 is 11.8 Å². The van der Waals surface area contributed by atoms with Crippen molar-refractivity contribution in [3.63, 3.8) is 0 Å².